The van der Waals surface area contributed by atoms with E-state index in [1.807, 2.05) is 22.6 Å². The third-order valence-corrected chi connectivity index (χ3v) is 5.46. The third kappa shape index (κ3) is 4.48. The summed E-state index contributed by atoms with van der Waals surface area (Å²) in [6.07, 6.45) is 0. The highest BCUT2D eigenvalue weighted by molar-refractivity contribution is 14.1. The average molecular weight is 475 g/mol. The first-order valence-electron chi connectivity index (χ1n) is 6.87. The van der Waals surface area contributed by atoms with Gasteiger partial charge in [-0.3, -0.25) is 4.72 Å². The second-order valence-electron chi connectivity index (χ2n) is 4.81. The fraction of sp³-hybridized carbons (Fsp3) is 0.125. The second kappa shape index (κ2) is 7.83. The van der Waals surface area contributed by atoms with E-state index in [4.69, 9.17) is 0 Å². The van der Waals surface area contributed by atoms with Crippen molar-refractivity contribution < 1.29 is 27.5 Å². The summed E-state index contributed by atoms with van der Waals surface area (Å²) in [7, 11) is -1.72. The van der Waals surface area contributed by atoms with Crippen molar-refractivity contribution in [2.45, 2.75) is 4.90 Å². The van der Waals surface area contributed by atoms with Crippen molar-refractivity contribution in [3.63, 3.8) is 0 Å². The standard InChI is InChI=1S/C16H14INO6S/c1-23-15(19)10-7-11(16(20)24-2)9-12(8-10)25(21,22)18-14-6-4-3-5-13(14)17/h3-9,18H,1-2H3. The number of para-hydroxylation sites is 1. The molecule has 1 N–H and O–H groups in total. The molecule has 7 nitrogen and oxygen atoms in total. The molecule has 2 aromatic carbocycles. The number of ether oxygens (including phenoxy) is 2. The van der Waals surface area contributed by atoms with Crippen LogP contribution in [0, 0.1) is 3.57 Å². The molecule has 0 aliphatic rings. The monoisotopic (exact) mass is 475 g/mol. The van der Waals surface area contributed by atoms with Crippen LogP contribution in [0.5, 0.6) is 0 Å². The van der Waals surface area contributed by atoms with Crippen LogP contribution in [-0.4, -0.2) is 34.6 Å². The van der Waals surface area contributed by atoms with Crippen LogP contribution in [-0.2, 0) is 19.5 Å². The normalized spacial score (nSPS) is 10.8. The molecule has 9 heteroatoms. The summed E-state index contributed by atoms with van der Waals surface area (Å²) in [5.74, 6) is -1.53. The number of halogens is 1. The van der Waals surface area contributed by atoms with E-state index in [0.29, 0.717) is 9.26 Å². The lowest BCUT2D eigenvalue weighted by Gasteiger charge is -2.12. The summed E-state index contributed by atoms with van der Waals surface area (Å²) in [6.45, 7) is 0. The van der Waals surface area contributed by atoms with Gasteiger partial charge in [-0.1, -0.05) is 12.1 Å². The van der Waals surface area contributed by atoms with E-state index in [1.54, 1.807) is 24.3 Å². The number of rotatable bonds is 5. The molecule has 0 amide bonds. The maximum Gasteiger partial charge on any atom is 0.337 e. The van der Waals surface area contributed by atoms with Crippen LogP contribution in [0.3, 0.4) is 0 Å². The number of sulfonamides is 1. The van der Waals surface area contributed by atoms with Gasteiger partial charge < -0.3 is 9.47 Å². The van der Waals surface area contributed by atoms with Crippen LogP contribution in [0.4, 0.5) is 5.69 Å². The van der Waals surface area contributed by atoms with E-state index in [1.165, 1.54) is 6.07 Å². The minimum atomic E-state index is -4.03. The first-order valence-corrected chi connectivity index (χ1v) is 9.43. The lowest BCUT2D eigenvalue weighted by atomic mass is 10.1. The minimum Gasteiger partial charge on any atom is -0.465 e. The second-order valence-corrected chi connectivity index (χ2v) is 7.66. The largest absolute Gasteiger partial charge is 0.465 e. The van der Waals surface area contributed by atoms with Gasteiger partial charge in [-0.25, -0.2) is 18.0 Å². The number of benzene rings is 2. The summed E-state index contributed by atoms with van der Waals surface area (Å²) in [6, 6.07) is 10.3. The smallest absolute Gasteiger partial charge is 0.337 e. The zero-order valence-corrected chi connectivity index (χ0v) is 16.3. The lowest BCUT2D eigenvalue weighted by Crippen LogP contribution is -2.16. The van der Waals surface area contributed by atoms with Crippen molar-refractivity contribution in [1.29, 1.82) is 0 Å². The fourth-order valence-electron chi connectivity index (χ4n) is 1.97. The number of esters is 2. The van der Waals surface area contributed by atoms with E-state index in [9.17, 15) is 18.0 Å². The Labute approximate surface area is 158 Å². The molecule has 0 heterocycles. The van der Waals surface area contributed by atoms with Gasteiger partial charge in [0, 0.05) is 3.57 Å². The van der Waals surface area contributed by atoms with Crippen LogP contribution in [0.2, 0.25) is 0 Å². The highest BCUT2D eigenvalue weighted by Crippen LogP contribution is 2.23. The van der Waals surface area contributed by atoms with Crippen LogP contribution in [0.25, 0.3) is 0 Å². The highest BCUT2D eigenvalue weighted by atomic mass is 127. The summed E-state index contributed by atoms with van der Waals surface area (Å²) in [4.78, 5) is 23.3. The number of nitrogens with one attached hydrogen (secondary N) is 1. The van der Waals surface area contributed by atoms with Crippen molar-refractivity contribution in [3.8, 4) is 0 Å². The Bertz CT molecular complexity index is 892. The van der Waals surface area contributed by atoms with E-state index in [2.05, 4.69) is 14.2 Å². The van der Waals surface area contributed by atoms with Gasteiger partial charge in [-0.15, -0.1) is 0 Å². The van der Waals surface area contributed by atoms with Gasteiger partial charge in [0.15, 0.2) is 0 Å². The fourth-order valence-corrected chi connectivity index (χ4v) is 3.83. The Hall–Kier alpha value is -2.14. The van der Waals surface area contributed by atoms with Crippen molar-refractivity contribution in [1.82, 2.24) is 0 Å². The van der Waals surface area contributed by atoms with Crippen molar-refractivity contribution in [2.75, 3.05) is 18.9 Å². The molecular weight excluding hydrogens is 461 g/mol. The van der Waals surface area contributed by atoms with Gasteiger partial charge >= 0.3 is 11.9 Å². The summed E-state index contributed by atoms with van der Waals surface area (Å²) >= 11 is 1.99. The number of carbonyl (C=O) groups excluding carboxylic acids is 2. The van der Waals surface area contributed by atoms with Gasteiger partial charge in [0.25, 0.3) is 10.0 Å². The summed E-state index contributed by atoms with van der Waals surface area (Å²) in [5, 5.41) is 0. The number of hydrogen-bond acceptors (Lipinski definition) is 6. The molecule has 0 spiro atoms. The predicted molar refractivity (Wildman–Crippen MR) is 99.1 cm³/mol. The topological polar surface area (TPSA) is 98.8 Å². The molecule has 0 bridgehead atoms. The maximum atomic E-state index is 12.7. The maximum absolute atomic E-state index is 12.7. The predicted octanol–water partition coefficient (Wildman–Crippen LogP) is 2.67. The van der Waals surface area contributed by atoms with Gasteiger partial charge in [0.05, 0.1) is 35.9 Å². The molecule has 0 saturated carbocycles. The van der Waals surface area contributed by atoms with Gasteiger partial charge in [0.2, 0.25) is 0 Å². The number of carbonyl (C=O) groups is 2. The highest BCUT2D eigenvalue weighted by Gasteiger charge is 2.21. The van der Waals surface area contributed by atoms with Crippen LogP contribution in [0.1, 0.15) is 20.7 Å². The first-order chi connectivity index (χ1) is 11.8. The number of anilines is 1. The average Bonchev–Trinajstić information content (AvgIpc) is 2.61. The molecule has 2 aromatic rings. The minimum absolute atomic E-state index is 0.0754. The molecule has 0 aliphatic carbocycles. The molecule has 0 atom stereocenters. The Balaban J connectivity index is 2.54. The Morgan fingerprint density at radius 3 is 1.96 bits per heavy atom. The van der Waals surface area contributed by atoms with E-state index in [0.717, 1.165) is 26.4 Å². The van der Waals surface area contributed by atoms with Crippen molar-refractivity contribution >= 4 is 50.2 Å². The van der Waals surface area contributed by atoms with Crippen molar-refractivity contribution in [2.24, 2.45) is 0 Å². The van der Waals surface area contributed by atoms with Crippen LogP contribution >= 0.6 is 22.6 Å². The molecule has 25 heavy (non-hydrogen) atoms. The van der Waals surface area contributed by atoms with E-state index in [-0.39, 0.29) is 16.0 Å². The SMILES string of the molecule is COC(=O)c1cc(C(=O)OC)cc(S(=O)(=O)Nc2ccccc2I)c1. The van der Waals surface area contributed by atoms with Crippen LogP contribution in [0.15, 0.2) is 47.4 Å². The molecule has 2 rings (SSSR count). The van der Waals surface area contributed by atoms with E-state index < -0.39 is 22.0 Å². The van der Waals surface area contributed by atoms with Crippen LogP contribution < -0.4 is 4.72 Å². The molecule has 132 valence electrons. The first kappa shape index (κ1) is 19.2. The zero-order chi connectivity index (χ0) is 18.6. The Morgan fingerprint density at radius 1 is 0.960 bits per heavy atom. The number of methoxy groups -OCH3 is 2. The molecule has 0 unspecified atom stereocenters. The third-order valence-electron chi connectivity index (χ3n) is 3.18. The zero-order valence-electron chi connectivity index (χ0n) is 13.3. The number of hydrogen-bond donors (Lipinski definition) is 1. The molecule has 0 saturated heterocycles. The molecule has 0 aromatic heterocycles. The van der Waals surface area contributed by atoms with Gasteiger partial charge in [-0.05, 0) is 52.9 Å². The van der Waals surface area contributed by atoms with Gasteiger partial charge in [0.1, 0.15) is 0 Å². The molecule has 0 fully saturated rings. The Kier molecular flexibility index (Phi) is 6.01. The molecule has 0 radical (unpaired) electrons. The lowest BCUT2D eigenvalue weighted by molar-refractivity contribution is 0.0598. The van der Waals surface area contributed by atoms with E-state index >= 15 is 0 Å². The Morgan fingerprint density at radius 2 is 1.48 bits per heavy atom. The molecule has 0 aliphatic heterocycles. The summed E-state index contributed by atoms with van der Waals surface area (Å²) in [5.41, 5.74) is 0.230. The molecular formula is C16H14INO6S. The van der Waals surface area contributed by atoms with Gasteiger partial charge in [-0.2, -0.15) is 0 Å². The quantitative estimate of drug-likeness (QED) is 0.528. The van der Waals surface area contributed by atoms with Crippen molar-refractivity contribution in [3.05, 3.63) is 57.2 Å². The summed E-state index contributed by atoms with van der Waals surface area (Å²) < 4.78 is 37.7.